The maximum Gasteiger partial charge on any atom is 0.178 e. The molecule has 1 aliphatic heterocycles. The van der Waals surface area contributed by atoms with Gasteiger partial charge in [0, 0.05) is 19.1 Å². The Balaban J connectivity index is 0.000000337. The van der Waals surface area contributed by atoms with Crippen LogP contribution in [-0.4, -0.2) is 47.9 Å². The number of hydrogen-bond donors (Lipinski definition) is 1. The summed E-state index contributed by atoms with van der Waals surface area (Å²) in [6, 6.07) is 0. The van der Waals surface area contributed by atoms with Crippen LogP contribution in [0.4, 0.5) is 0 Å². The van der Waals surface area contributed by atoms with Crippen molar-refractivity contribution < 1.29 is 18.7 Å². The largest absolute Gasteiger partial charge is 0.455 e. The third-order valence-corrected chi connectivity index (χ3v) is 19.3. The first-order chi connectivity index (χ1) is 15.1. The van der Waals surface area contributed by atoms with Gasteiger partial charge in [0.25, 0.3) is 0 Å². The first-order valence-electron chi connectivity index (χ1n) is 13.1. The maximum atomic E-state index is 9.16. The monoisotopic (exact) mass is 498 g/mol. The Morgan fingerprint density at radius 3 is 1.97 bits per heavy atom. The molecule has 1 aliphatic carbocycles. The lowest BCUT2D eigenvalue weighted by molar-refractivity contribution is -0.154. The number of hydrogen-bond acceptors (Lipinski definition) is 4. The van der Waals surface area contributed by atoms with Crippen molar-refractivity contribution in [3.05, 3.63) is 0 Å². The van der Waals surface area contributed by atoms with Gasteiger partial charge in [0.1, 0.15) is 6.61 Å². The molecule has 3 atom stereocenters. The second-order valence-electron chi connectivity index (χ2n) is 13.0. The van der Waals surface area contributed by atoms with Crippen LogP contribution >= 0.6 is 0 Å². The molecule has 1 saturated carbocycles. The zero-order valence-corrected chi connectivity index (χ0v) is 25.5. The zero-order valence-electron chi connectivity index (χ0n) is 23.5. The Morgan fingerprint density at radius 1 is 0.879 bits per heavy atom. The summed E-state index contributed by atoms with van der Waals surface area (Å²) in [6.07, 6.45) is 7.86. The van der Waals surface area contributed by atoms with Gasteiger partial charge in [-0.05, 0) is 80.7 Å². The van der Waals surface area contributed by atoms with Crippen molar-refractivity contribution >= 4 is 16.6 Å². The van der Waals surface area contributed by atoms with Crippen LogP contribution in [0.1, 0.15) is 86.5 Å². The molecule has 0 aromatic heterocycles. The van der Waals surface area contributed by atoms with E-state index in [4.69, 9.17) is 18.7 Å². The van der Waals surface area contributed by atoms with Crippen molar-refractivity contribution in [2.45, 2.75) is 129 Å². The van der Waals surface area contributed by atoms with Crippen molar-refractivity contribution in [2.24, 2.45) is 11.8 Å². The lowest BCUT2D eigenvalue weighted by Gasteiger charge is -2.47. The predicted molar refractivity (Wildman–Crippen MR) is 145 cm³/mol. The van der Waals surface area contributed by atoms with E-state index >= 15 is 0 Å². The third kappa shape index (κ3) is 11.0. The molecule has 0 radical (unpaired) electrons. The van der Waals surface area contributed by atoms with E-state index in [1.54, 1.807) is 0 Å². The van der Waals surface area contributed by atoms with Gasteiger partial charge in [0.2, 0.25) is 0 Å². The molecular weight excluding hydrogens is 444 g/mol. The third-order valence-electron chi connectivity index (χ3n) is 7.95. The summed E-state index contributed by atoms with van der Waals surface area (Å²) in [5, 5.41) is 9.81. The second-order valence-corrected chi connectivity index (χ2v) is 22.8. The average Bonchev–Trinajstić information content (AvgIpc) is 2.70. The fourth-order valence-corrected chi connectivity index (χ4v) is 11.2. The van der Waals surface area contributed by atoms with E-state index in [1.807, 2.05) is 0 Å². The Kier molecular flexibility index (Phi) is 12.4. The average molecular weight is 499 g/mol. The standard InChI is InChI=1S/C15H24O3.C12H30OSi2/c16-12-14-6-3-5-13(11-14)7-4-10-18-15-8-1-2-9-17-15;1-11(2,3)14(7,8)13-15(9,10)12(4,5)6/h13-16H,1-3,5-6,8-12H2;1-10H3. The molecule has 2 fully saturated rings. The van der Waals surface area contributed by atoms with E-state index < -0.39 is 16.6 Å². The molecular formula is C27H54O4Si2. The SMILES string of the molecule is CC(C)(C)[Si](C)(C)O[Si](C)(C)C(C)(C)C.OCC1CCCC(C#CCOC2CCCCO2)C1. The van der Waals surface area contributed by atoms with Gasteiger partial charge in [0.15, 0.2) is 22.9 Å². The molecule has 2 rings (SSSR count). The van der Waals surface area contributed by atoms with E-state index in [9.17, 15) is 0 Å². The highest BCUT2D eigenvalue weighted by molar-refractivity contribution is 6.87. The highest BCUT2D eigenvalue weighted by atomic mass is 28.4. The van der Waals surface area contributed by atoms with Crippen molar-refractivity contribution in [2.75, 3.05) is 19.8 Å². The molecule has 2 aliphatic rings. The Hall–Kier alpha value is -0.166. The highest BCUT2D eigenvalue weighted by Gasteiger charge is 2.46. The molecule has 0 aromatic rings. The van der Waals surface area contributed by atoms with Gasteiger partial charge >= 0.3 is 0 Å². The smallest absolute Gasteiger partial charge is 0.178 e. The molecule has 1 heterocycles. The van der Waals surface area contributed by atoms with E-state index in [0.717, 1.165) is 32.3 Å². The molecule has 194 valence electrons. The van der Waals surface area contributed by atoms with E-state index in [0.29, 0.717) is 35.1 Å². The molecule has 1 N–H and O–H groups in total. The van der Waals surface area contributed by atoms with E-state index in [1.165, 1.54) is 19.3 Å². The van der Waals surface area contributed by atoms with Gasteiger partial charge in [-0.3, -0.25) is 0 Å². The van der Waals surface area contributed by atoms with Gasteiger partial charge in [-0.1, -0.05) is 59.8 Å². The van der Waals surface area contributed by atoms with Crippen LogP contribution in [0, 0.1) is 23.7 Å². The number of rotatable bonds is 5. The molecule has 4 nitrogen and oxygen atoms in total. The molecule has 33 heavy (non-hydrogen) atoms. The highest BCUT2D eigenvalue weighted by Crippen LogP contribution is 2.44. The number of ether oxygens (including phenoxy) is 2. The summed E-state index contributed by atoms with van der Waals surface area (Å²) in [5.74, 6) is 7.31. The van der Waals surface area contributed by atoms with Gasteiger partial charge < -0.3 is 18.7 Å². The van der Waals surface area contributed by atoms with Crippen LogP contribution in [-0.2, 0) is 13.6 Å². The first-order valence-corrected chi connectivity index (χ1v) is 18.9. The van der Waals surface area contributed by atoms with Crippen LogP contribution < -0.4 is 0 Å². The van der Waals surface area contributed by atoms with Crippen molar-refractivity contribution in [3.8, 4) is 11.8 Å². The molecule has 0 amide bonds. The summed E-state index contributed by atoms with van der Waals surface area (Å²) in [5.41, 5.74) is 0. The van der Waals surface area contributed by atoms with Crippen molar-refractivity contribution in [3.63, 3.8) is 0 Å². The second kappa shape index (κ2) is 13.2. The summed E-state index contributed by atoms with van der Waals surface area (Å²) >= 11 is 0. The molecule has 0 spiro atoms. The lowest BCUT2D eigenvalue weighted by Crippen LogP contribution is -2.53. The topological polar surface area (TPSA) is 47.9 Å². The summed E-state index contributed by atoms with van der Waals surface area (Å²) < 4.78 is 17.7. The molecule has 1 saturated heterocycles. The van der Waals surface area contributed by atoms with Gasteiger partial charge in [-0.2, -0.15) is 0 Å². The Labute approximate surface area is 207 Å². The fraction of sp³-hybridized carbons (Fsp3) is 0.926. The molecule has 3 unspecified atom stereocenters. The molecule has 0 bridgehead atoms. The van der Waals surface area contributed by atoms with Crippen LogP contribution in [0.3, 0.4) is 0 Å². The summed E-state index contributed by atoms with van der Waals surface area (Å²) in [6.45, 7) is 24.9. The van der Waals surface area contributed by atoms with Crippen molar-refractivity contribution in [1.29, 1.82) is 0 Å². The van der Waals surface area contributed by atoms with E-state index in [2.05, 4.69) is 79.6 Å². The Morgan fingerprint density at radius 2 is 1.48 bits per heavy atom. The van der Waals surface area contributed by atoms with Crippen molar-refractivity contribution in [1.82, 2.24) is 0 Å². The summed E-state index contributed by atoms with van der Waals surface area (Å²) in [7, 11) is -3.18. The molecule has 6 heteroatoms. The zero-order chi connectivity index (χ0) is 25.3. The van der Waals surface area contributed by atoms with Crippen LogP contribution in [0.5, 0.6) is 0 Å². The number of aliphatic hydroxyl groups excluding tert-OH is 1. The van der Waals surface area contributed by atoms with Crippen LogP contribution in [0.15, 0.2) is 0 Å². The minimum absolute atomic E-state index is 0.0374. The number of aliphatic hydroxyl groups is 1. The first kappa shape index (κ1) is 30.9. The molecule has 0 aromatic carbocycles. The minimum atomic E-state index is -1.59. The van der Waals surface area contributed by atoms with Gasteiger partial charge in [-0.15, -0.1) is 0 Å². The maximum absolute atomic E-state index is 9.16. The summed E-state index contributed by atoms with van der Waals surface area (Å²) in [4.78, 5) is 0. The van der Waals surface area contributed by atoms with Crippen LogP contribution in [0.2, 0.25) is 36.3 Å². The lowest BCUT2D eigenvalue weighted by atomic mass is 9.82. The van der Waals surface area contributed by atoms with Gasteiger partial charge in [0.05, 0.1) is 0 Å². The predicted octanol–water partition coefficient (Wildman–Crippen LogP) is 7.35. The Bertz CT molecular complexity index is 593. The normalized spacial score (nSPS) is 24.9. The van der Waals surface area contributed by atoms with E-state index in [-0.39, 0.29) is 6.29 Å². The van der Waals surface area contributed by atoms with Gasteiger partial charge in [-0.25, -0.2) is 0 Å². The minimum Gasteiger partial charge on any atom is -0.455 e. The van der Waals surface area contributed by atoms with Crippen LogP contribution in [0.25, 0.3) is 0 Å². The quantitative estimate of drug-likeness (QED) is 0.318. The fourth-order valence-electron chi connectivity index (χ4n) is 3.70.